The summed E-state index contributed by atoms with van der Waals surface area (Å²) in [6.07, 6.45) is 0.326. The van der Waals surface area contributed by atoms with E-state index in [1.807, 2.05) is 24.7 Å². The Morgan fingerprint density at radius 2 is 2.25 bits per heavy atom. The van der Waals surface area contributed by atoms with E-state index >= 15 is 0 Å². The molecule has 1 aromatic heterocycles. The van der Waals surface area contributed by atoms with Crippen molar-refractivity contribution in [2.24, 2.45) is 7.05 Å². The summed E-state index contributed by atoms with van der Waals surface area (Å²) in [5, 5.41) is 8.78. The number of fused-ring (bicyclic) bond motifs is 1. The van der Waals surface area contributed by atoms with Gasteiger partial charge in [-0.3, -0.25) is 4.68 Å². The largest absolute Gasteiger partial charge is 0.488 e. The molecule has 2 aromatic rings. The third-order valence-electron chi connectivity index (χ3n) is 3.05. The molecule has 1 aliphatic rings. The normalized spacial score (nSPS) is 16.4. The third-order valence-corrected chi connectivity index (χ3v) is 3.05. The van der Waals surface area contributed by atoms with Crippen molar-refractivity contribution in [2.45, 2.75) is 13.0 Å². The highest BCUT2D eigenvalue weighted by atomic mass is 16.5. The third kappa shape index (κ3) is 1.46. The first-order valence-electron chi connectivity index (χ1n) is 5.55. The van der Waals surface area contributed by atoms with E-state index in [4.69, 9.17) is 4.74 Å². The SMILES string of the molecule is Cc1nn(C)c2cc(OC3CNC3)ccc12. The van der Waals surface area contributed by atoms with Crippen LogP contribution in [0.3, 0.4) is 0 Å². The van der Waals surface area contributed by atoms with E-state index in [0.717, 1.165) is 30.0 Å². The van der Waals surface area contributed by atoms with Gasteiger partial charge in [0, 0.05) is 31.6 Å². The Balaban J connectivity index is 1.97. The molecule has 1 saturated heterocycles. The van der Waals surface area contributed by atoms with Crippen molar-refractivity contribution >= 4 is 10.9 Å². The van der Waals surface area contributed by atoms with E-state index in [1.54, 1.807) is 0 Å². The molecule has 84 valence electrons. The maximum Gasteiger partial charge on any atom is 0.123 e. The van der Waals surface area contributed by atoms with E-state index in [0.29, 0.717) is 6.10 Å². The second-order valence-electron chi connectivity index (χ2n) is 4.29. The average Bonchev–Trinajstić information content (AvgIpc) is 2.49. The van der Waals surface area contributed by atoms with Crippen molar-refractivity contribution in [3.63, 3.8) is 0 Å². The molecule has 16 heavy (non-hydrogen) atoms. The van der Waals surface area contributed by atoms with Crippen LogP contribution in [0, 0.1) is 6.92 Å². The van der Waals surface area contributed by atoms with Crippen LogP contribution in [0.15, 0.2) is 18.2 Å². The van der Waals surface area contributed by atoms with Gasteiger partial charge < -0.3 is 10.1 Å². The summed E-state index contributed by atoms with van der Waals surface area (Å²) >= 11 is 0. The molecule has 3 rings (SSSR count). The van der Waals surface area contributed by atoms with Gasteiger partial charge in [0.25, 0.3) is 0 Å². The number of aryl methyl sites for hydroxylation is 2. The lowest BCUT2D eigenvalue weighted by Gasteiger charge is -2.27. The molecule has 0 amide bonds. The molecule has 0 atom stereocenters. The Kier molecular flexibility index (Phi) is 2.11. The fraction of sp³-hybridized carbons (Fsp3) is 0.417. The summed E-state index contributed by atoms with van der Waals surface area (Å²) in [6.45, 7) is 3.92. The zero-order chi connectivity index (χ0) is 11.1. The van der Waals surface area contributed by atoms with Crippen LogP contribution in [0.25, 0.3) is 10.9 Å². The molecule has 0 saturated carbocycles. The number of rotatable bonds is 2. The molecule has 1 fully saturated rings. The molecule has 1 N–H and O–H groups in total. The van der Waals surface area contributed by atoms with Crippen molar-refractivity contribution in [3.8, 4) is 5.75 Å². The molecule has 0 radical (unpaired) electrons. The van der Waals surface area contributed by atoms with Crippen LogP contribution in [0.5, 0.6) is 5.75 Å². The van der Waals surface area contributed by atoms with Crippen molar-refractivity contribution < 1.29 is 4.74 Å². The molecule has 0 bridgehead atoms. The first-order valence-corrected chi connectivity index (χ1v) is 5.55. The van der Waals surface area contributed by atoms with E-state index < -0.39 is 0 Å². The van der Waals surface area contributed by atoms with E-state index in [2.05, 4.69) is 22.5 Å². The number of ether oxygens (including phenoxy) is 1. The predicted molar refractivity (Wildman–Crippen MR) is 62.7 cm³/mol. The number of hydrogen-bond donors (Lipinski definition) is 1. The number of nitrogens with one attached hydrogen (secondary N) is 1. The molecule has 0 spiro atoms. The summed E-state index contributed by atoms with van der Waals surface area (Å²) < 4.78 is 7.72. The van der Waals surface area contributed by atoms with Crippen LogP contribution in [-0.2, 0) is 7.05 Å². The maximum absolute atomic E-state index is 5.82. The lowest BCUT2D eigenvalue weighted by Crippen LogP contribution is -2.50. The van der Waals surface area contributed by atoms with Gasteiger partial charge in [-0.15, -0.1) is 0 Å². The smallest absolute Gasteiger partial charge is 0.123 e. The minimum atomic E-state index is 0.326. The topological polar surface area (TPSA) is 39.1 Å². The highest BCUT2D eigenvalue weighted by Gasteiger charge is 2.18. The Morgan fingerprint density at radius 3 is 2.94 bits per heavy atom. The zero-order valence-corrected chi connectivity index (χ0v) is 9.53. The fourth-order valence-electron chi connectivity index (χ4n) is 2.03. The first-order chi connectivity index (χ1) is 7.74. The minimum absolute atomic E-state index is 0.326. The van der Waals surface area contributed by atoms with Gasteiger partial charge in [0.05, 0.1) is 11.2 Å². The van der Waals surface area contributed by atoms with Crippen LogP contribution in [0.4, 0.5) is 0 Å². The Bertz CT molecular complexity index is 528. The fourth-order valence-corrected chi connectivity index (χ4v) is 2.03. The highest BCUT2D eigenvalue weighted by molar-refractivity contribution is 5.83. The van der Waals surface area contributed by atoms with Gasteiger partial charge >= 0.3 is 0 Å². The number of benzene rings is 1. The van der Waals surface area contributed by atoms with E-state index in [-0.39, 0.29) is 0 Å². The van der Waals surface area contributed by atoms with Crippen LogP contribution >= 0.6 is 0 Å². The van der Waals surface area contributed by atoms with Crippen molar-refractivity contribution in [1.82, 2.24) is 15.1 Å². The van der Waals surface area contributed by atoms with Crippen LogP contribution < -0.4 is 10.1 Å². The first kappa shape index (κ1) is 9.66. The number of aromatic nitrogens is 2. The molecule has 2 heterocycles. The van der Waals surface area contributed by atoms with Crippen molar-refractivity contribution in [2.75, 3.05) is 13.1 Å². The molecule has 0 unspecified atom stereocenters. The Labute approximate surface area is 94.2 Å². The zero-order valence-electron chi connectivity index (χ0n) is 9.53. The van der Waals surface area contributed by atoms with Crippen LogP contribution in [0.2, 0.25) is 0 Å². The number of nitrogens with zero attached hydrogens (tertiary/aromatic N) is 2. The maximum atomic E-state index is 5.82. The van der Waals surface area contributed by atoms with Crippen LogP contribution in [-0.4, -0.2) is 29.0 Å². The molecular weight excluding hydrogens is 202 g/mol. The van der Waals surface area contributed by atoms with Crippen molar-refractivity contribution in [1.29, 1.82) is 0 Å². The van der Waals surface area contributed by atoms with E-state index in [9.17, 15) is 0 Å². The molecular formula is C12H15N3O. The van der Waals surface area contributed by atoms with Gasteiger partial charge in [-0.05, 0) is 19.1 Å². The van der Waals surface area contributed by atoms with Gasteiger partial charge in [-0.2, -0.15) is 5.10 Å². The van der Waals surface area contributed by atoms with Crippen LogP contribution in [0.1, 0.15) is 5.69 Å². The lowest BCUT2D eigenvalue weighted by atomic mass is 10.2. The molecule has 0 aliphatic carbocycles. The van der Waals surface area contributed by atoms with Gasteiger partial charge in [0.2, 0.25) is 0 Å². The summed E-state index contributed by atoms with van der Waals surface area (Å²) in [5.41, 5.74) is 2.19. The Morgan fingerprint density at radius 1 is 1.44 bits per heavy atom. The number of hydrogen-bond acceptors (Lipinski definition) is 3. The average molecular weight is 217 g/mol. The van der Waals surface area contributed by atoms with Gasteiger partial charge in [0.1, 0.15) is 11.9 Å². The van der Waals surface area contributed by atoms with Gasteiger partial charge in [-0.25, -0.2) is 0 Å². The lowest BCUT2D eigenvalue weighted by molar-refractivity contribution is 0.142. The monoisotopic (exact) mass is 217 g/mol. The molecule has 4 heteroatoms. The predicted octanol–water partition coefficient (Wildman–Crippen LogP) is 1.23. The molecule has 4 nitrogen and oxygen atoms in total. The van der Waals surface area contributed by atoms with Gasteiger partial charge in [-0.1, -0.05) is 0 Å². The summed E-state index contributed by atoms with van der Waals surface area (Å²) in [4.78, 5) is 0. The summed E-state index contributed by atoms with van der Waals surface area (Å²) in [7, 11) is 1.96. The summed E-state index contributed by atoms with van der Waals surface area (Å²) in [6, 6.07) is 6.17. The summed E-state index contributed by atoms with van der Waals surface area (Å²) in [5.74, 6) is 0.932. The van der Waals surface area contributed by atoms with Gasteiger partial charge in [0.15, 0.2) is 0 Å². The standard InChI is InChI=1S/C12H15N3O/c1-8-11-4-3-9(16-10-6-13-7-10)5-12(11)15(2)14-8/h3-5,10,13H,6-7H2,1-2H3. The second-order valence-corrected chi connectivity index (χ2v) is 4.29. The van der Waals surface area contributed by atoms with E-state index in [1.165, 1.54) is 5.39 Å². The Hall–Kier alpha value is -1.55. The molecule has 1 aromatic carbocycles. The highest BCUT2D eigenvalue weighted by Crippen LogP contribution is 2.23. The minimum Gasteiger partial charge on any atom is -0.488 e. The quantitative estimate of drug-likeness (QED) is 0.822. The molecule has 1 aliphatic heterocycles. The van der Waals surface area contributed by atoms with Crippen molar-refractivity contribution in [3.05, 3.63) is 23.9 Å². The second kappa shape index (κ2) is 3.49.